The molecule has 1 saturated heterocycles. The standard InChI is InChI=1S/C15H13N3OS2/c1-17-8-9-20-13(17)7-6-12-14(19)18-11-5-3-2-4-10(11)16-15(18)21-12/h2-7H,8-9H2,1H3. The van der Waals surface area contributed by atoms with Crippen molar-refractivity contribution in [3.8, 4) is 0 Å². The van der Waals surface area contributed by atoms with Crippen LogP contribution in [0, 0.1) is 0 Å². The van der Waals surface area contributed by atoms with E-state index in [4.69, 9.17) is 0 Å². The Bertz CT molecular complexity index is 970. The SMILES string of the molecule is CN1CCSC1=CC=c1sc2nc3ccccc3n2c1=O. The lowest BCUT2D eigenvalue weighted by Crippen LogP contribution is -2.22. The zero-order valence-electron chi connectivity index (χ0n) is 11.4. The molecule has 0 bridgehead atoms. The van der Waals surface area contributed by atoms with E-state index in [9.17, 15) is 4.79 Å². The highest BCUT2D eigenvalue weighted by Crippen LogP contribution is 2.25. The first-order valence-corrected chi connectivity index (χ1v) is 8.50. The van der Waals surface area contributed by atoms with E-state index in [1.807, 2.05) is 48.2 Å². The molecule has 6 heteroatoms. The van der Waals surface area contributed by atoms with Crippen LogP contribution in [0.4, 0.5) is 0 Å². The number of allylic oxidation sites excluding steroid dienone is 1. The molecule has 1 aliphatic rings. The molecule has 0 radical (unpaired) electrons. The van der Waals surface area contributed by atoms with Crippen LogP contribution in [0.25, 0.3) is 22.1 Å². The predicted octanol–water partition coefficient (Wildman–Crippen LogP) is 1.93. The summed E-state index contributed by atoms with van der Waals surface area (Å²) in [5.41, 5.74) is 1.77. The smallest absolute Gasteiger partial charge is 0.274 e. The number of rotatable bonds is 1. The van der Waals surface area contributed by atoms with Crippen molar-refractivity contribution < 1.29 is 0 Å². The van der Waals surface area contributed by atoms with Gasteiger partial charge in [0, 0.05) is 19.3 Å². The van der Waals surface area contributed by atoms with Gasteiger partial charge in [-0.15, -0.1) is 11.8 Å². The molecule has 1 fully saturated rings. The van der Waals surface area contributed by atoms with Crippen molar-refractivity contribution >= 4 is 45.2 Å². The van der Waals surface area contributed by atoms with Crippen molar-refractivity contribution in [3.63, 3.8) is 0 Å². The van der Waals surface area contributed by atoms with E-state index in [2.05, 4.69) is 16.9 Å². The van der Waals surface area contributed by atoms with Crippen LogP contribution in [0.3, 0.4) is 0 Å². The normalized spacial score (nSPS) is 18.6. The van der Waals surface area contributed by atoms with Crippen LogP contribution in [0.5, 0.6) is 0 Å². The summed E-state index contributed by atoms with van der Waals surface area (Å²) in [4.78, 5) is 20.0. The van der Waals surface area contributed by atoms with Crippen LogP contribution in [-0.2, 0) is 0 Å². The first-order chi connectivity index (χ1) is 10.2. The van der Waals surface area contributed by atoms with Gasteiger partial charge in [-0.1, -0.05) is 23.5 Å². The minimum Gasteiger partial charge on any atom is -0.369 e. The summed E-state index contributed by atoms with van der Waals surface area (Å²) >= 11 is 3.27. The van der Waals surface area contributed by atoms with E-state index in [0.717, 1.165) is 32.8 Å². The number of thiazole rings is 1. The van der Waals surface area contributed by atoms with Crippen LogP contribution in [0.2, 0.25) is 0 Å². The van der Waals surface area contributed by atoms with Gasteiger partial charge in [-0.3, -0.25) is 4.79 Å². The number of thioether (sulfide) groups is 1. The van der Waals surface area contributed by atoms with E-state index in [-0.39, 0.29) is 5.56 Å². The van der Waals surface area contributed by atoms with E-state index in [1.54, 1.807) is 4.40 Å². The Balaban J connectivity index is 1.91. The molecule has 1 aromatic carbocycles. The molecule has 3 heterocycles. The maximum atomic E-state index is 12.5. The maximum absolute atomic E-state index is 12.5. The van der Waals surface area contributed by atoms with Gasteiger partial charge < -0.3 is 4.90 Å². The van der Waals surface area contributed by atoms with Crippen molar-refractivity contribution in [2.24, 2.45) is 0 Å². The topological polar surface area (TPSA) is 37.6 Å². The molecule has 0 N–H and O–H groups in total. The number of hydrogen-bond donors (Lipinski definition) is 0. The monoisotopic (exact) mass is 315 g/mol. The van der Waals surface area contributed by atoms with Crippen molar-refractivity contribution in [3.05, 3.63) is 50.3 Å². The van der Waals surface area contributed by atoms with Gasteiger partial charge in [0.15, 0.2) is 4.96 Å². The lowest BCUT2D eigenvalue weighted by molar-refractivity contribution is 0.493. The molecule has 0 amide bonds. The van der Waals surface area contributed by atoms with Crippen molar-refractivity contribution in [1.82, 2.24) is 14.3 Å². The van der Waals surface area contributed by atoms with Crippen LogP contribution in [-0.4, -0.2) is 33.6 Å². The van der Waals surface area contributed by atoms with Gasteiger partial charge in [0.2, 0.25) is 0 Å². The lowest BCUT2D eigenvalue weighted by atomic mass is 10.3. The highest BCUT2D eigenvalue weighted by atomic mass is 32.2. The third kappa shape index (κ3) is 2.06. The maximum Gasteiger partial charge on any atom is 0.274 e. The molecular weight excluding hydrogens is 302 g/mol. The fourth-order valence-electron chi connectivity index (χ4n) is 2.46. The average molecular weight is 315 g/mol. The van der Waals surface area contributed by atoms with E-state index < -0.39 is 0 Å². The van der Waals surface area contributed by atoms with Crippen molar-refractivity contribution in [2.45, 2.75) is 0 Å². The first kappa shape index (κ1) is 12.9. The largest absolute Gasteiger partial charge is 0.369 e. The Morgan fingerprint density at radius 2 is 2.14 bits per heavy atom. The van der Waals surface area contributed by atoms with Gasteiger partial charge in [-0.2, -0.15) is 0 Å². The molecule has 0 atom stereocenters. The third-order valence-electron chi connectivity index (χ3n) is 3.58. The van der Waals surface area contributed by atoms with E-state index in [1.165, 1.54) is 16.4 Å². The van der Waals surface area contributed by atoms with Gasteiger partial charge >= 0.3 is 0 Å². The van der Waals surface area contributed by atoms with Gasteiger partial charge in [-0.05, 0) is 24.3 Å². The zero-order chi connectivity index (χ0) is 14.4. The van der Waals surface area contributed by atoms with Crippen LogP contribution in [0.1, 0.15) is 0 Å². The first-order valence-electron chi connectivity index (χ1n) is 6.70. The van der Waals surface area contributed by atoms with Crippen LogP contribution in [0.15, 0.2) is 40.2 Å². The second-order valence-electron chi connectivity index (χ2n) is 4.93. The van der Waals surface area contributed by atoms with Crippen molar-refractivity contribution in [2.75, 3.05) is 19.3 Å². The number of nitrogens with zero attached hydrogens (tertiary/aromatic N) is 3. The molecule has 0 unspecified atom stereocenters. The molecule has 21 heavy (non-hydrogen) atoms. The number of hydrogen-bond acceptors (Lipinski definition) is 5. The molecule has 0 spiro atoms. The van der Waals surface area contributed by atoms with Crippen LogP contribution < -0.4 is 10.1 Å². The molecular formula is C15H13N3OS2. The fourth-order valence-corrected chi connectivity index (χ4v) is 4.43. The molecule has 0 aliphatic carbocycles. The Labute approximate surface area is 129 Å². The fraction of sp³-hybridized carbons (Fsp3) is 0.200. The quantitative estimate of drug-likeness (QED) is 0.688. The summed E-state index contributed by atoms with van der Waals surface area (Å²) in [6, 6.07) is 7.74. The summed E-state index contributed by atoms with van der Waals surface area (Å²) in [5, 5.41) is 1.21. The minimum atomic E-state index is 0.0196. The summed E-state index contributed by atoms with van der Waals surface area (Å²) < 4.78 is 2.44. The average Bonchev–Trinajstić information content (AvgIpc) is 3.12. The van der Waals surface area contributed by atoms with Gasteiger partial charge in [0.1, 0.15) is 0 Å². The van der Waals surface area contributed by atoms with Crippen LogP contribution >= 0.6 is 23.1 Å². The Hall–Kier alpha value is -1.79. The predicted molar refractivity (Wildman–Crippen MR) is 89.7 cm³/mol. The zero-order valence-corrected chi connectivity index (χ0v) is 13.1. The number of para-hydroxylation sites is 2. The number of aromatic nitrogens is 2. The molecule has 1 aliphatic heterocycles. The second-order valence-corrected chi connectivity index (χ2v) is 7.06. The number of fused-ring (bicyclic) bond motifs is 3. The van der Waals surface area contributed by atoms with Crippen molar-refractivity contribution in [1.29, 1.82) is 0 Å². The van der Waals surface area contributed by atoms with Gasteiger partial charge in [0.05, 0.1) is 20.6 Å². The molecule has 4 nitrogen and oxygen atoms in total. The minimum absolute atomic E-state index is 0.0196. The highest BCUT2D eigenvalue weighted by molar-refractivity contribution is 8.03. The number of imidazole rings is 1. The summed E-state index contributed by atoms with van der Waals surface area (Å²) in [6.45, 7) is 1.06. The van der Waals surface area contributed by atoms with E-state index in [0.29, 0.717) is 0 Å². The highest BCUT2D eigenvalue weighted by Gasteiger charge is 2.13. The third-order valence-corrected chi connectivity index (χ3v) is 5.69. The lowest BCUT2D eigenvalue weighted by Gasteiger charge is -2.09. The summed E-state index contributed by atoms with van der Waals surface area (Å²) in [7, 11) is 2.08. The Morgan fingerprint density at radius 3 is 2.95 bits per heavy atom. The molecule has 2 aromatic heterocycles. The summed E-state index contributed by atoms with van der Waals surface area (Å²) in [5.74, 6) is 1.11. The second kappa shape index (κ2) is 4.89. The summed E-state index contributed by atoms with van der Waals surface area (Å²) in [6.07, 6.45) is 3.95. The number of benzene rings is 1. The molecule has 3 aromatic rings. The van der Waals surface area contributed by atoms with E-state index >= 15 is 0 Å². The Morgan fingerprint density at radius 1 is 1.29 bits per heavy atom. The van der Waals surface area contributed by atoms with Gasteiger partial charge in [-0.25, -0.2) is 9.38 Å². The van der Waals surface area contributed by atoms with Gasteiger partial charge in [0.25, 0.3) is 5.56 Å². The molecule has 4 rings (SSSR count). The molecule has 0 saturated carbocycles. The molecule has 106 valence electrons. The Kier molecular flexibility index (Phi) is 3.01.